The highest BCUT2D eigenvalue weighted by molar-refractivity contribution is 5.79. The fourth-order valence-corrected chi connectivity index (χ4v) is 1.17. The van der Waals surface area contributed by atoms with Crippen LogP contribution in [-0.2, 0) is 4.79 Å². The minimum atomic E-state index is -1.00. The lowest BCUT2D eigenvalue weighted by Gasteiger charge is -2.00. The van der Waals surface area contributed by atoms with Crippen molar-refractivity contribution in [3.8, 4) is 0 Å². The SMILES string of the molecule is O=C(O)/C=C/CC(O)/C=C/c1ccccc1. The monoisotopic (exact) mass is 218 g/mol. The van der Waals surface area contributed by atoms with Crippen LogP contribution in [0.4, 0.5) is 0 Å². The van der Waals surface area contributed by atoms with E-state index in [0.29, 0.717) is 6.42 Å². The highest BCUT2D eigenvalue weighted by Gasteiger charge is 1.95. The van der Waals surface area contributed by atoms with Gasteiger partial charge in [0.1, 0.15) is 0 Å². The Hall–Kier alpha value is -1.87. The third-order valence-corrected chi connectivity index (χ3v) is 1.95. The second-order valence-electron chi connectivity index (χ2n) is 3.31. The van der Waals surface area contributed by atoms with Crippen LogP contribution in [0.15, 0.2) is 48.6 Å². The molecule has 0 bridgehead atoms. The number of aliphatic carboxylic acids is 1. The predicted molar refractivity (Wildman–Crippen MR) is 62.9 cm³/mol. The fourth-order valence-electron chi connectivity index (χ4n) is 1.17. The van der Waals surface area contributed by atoms with Gasteiger partial charge < -0.3 is 10.2 Å². The van der Waals surface area contributed by atoms with Crippen molar-refractivity contribution in [2.24, 2.45) is 0 Å². The zero-order valence-electron chi connectivity index (χ0n) is 8.78. The molecule has 84 valence electrons. The van der Waals surface area contributed by atoms with Crippen LogP contribution in [-0.4, -0.2) is 22.3 Å². The lowest BCUT2D eigenvalue weighted by molar-refractivity contribution is -0.131. The lowest BCUT2D eigenvalue weighted by Crippen LogP contribution is -1.99. The Morgan fingerprint density at radius 2 is 2.00 bits per heavy atom. The average molecular weight is 218 g/mol. The molecule has 1 aromatic carbocycles. The Bertz CT molecular complexity index is 379. The highest BCUT2D eigenvalue weighted by atomic mass is 16.4. The van der Waals surface area contributed by atoms with Crippen LogP contribution >= 0.6 is 0 Å². The maximum absolute atomic E-state index is 10.2. The molecule has 16 heavy (non-hydrogen) atoms. The Morgan fingerprint density at radius 3 is 2.62 bits per heavy atom. The summed E-state index contributed by atoms with van der Waals surface area (Å²) in [5.74, 6) is -1.00. The van der Waals surface area contributed by atoms with Gasteiger partial charge in [0.05, 0.1) is 6.10 Å². The quantitative estimate of drug-likeness (QED) is 0.744. The summed E-state index contributed by atoms with van der Waals surface area (Å²) >= 11 is 0. The molecule has 1 atom stereocenters. The summed E-state index contributed by atoms with van der Waals surface area (Å²) in [5.41, 5.74) is 1.00. The van der Waals surface area contributed by atoms with Crippen molar-refractivity contribution < 1.29 is 15.0 Å². The summed E-state index contributed by atoms with van der Waals surface area (Å²) in [6, 6.07) is 9.60. The van der Waals surface area contributed by atoms with Gasteiger partial charge in [-0.3, -0.25) is 0 Å². The third-order valence-electron chi connectivity index (χ3n) is 1.95. The van der Waals surface area contributed by atoms with E-state index in [1.807, 2.05) is 30.3 Å². The molecule has 0 spiro atoms. The van der Waals surface area contributed by atoms with Gasteiger partial charge in [-0.25, -0.2) is 4.79 Å². The minimum absolute atomic E-state index is 0.301. The zero-order valence-corrected chi connectivity index (χ0v) is 8.78. The molecule has 3 heteroatoms. The van der Waals surface area contributed by atoms with Gasteiger partial charge in [-0.05, 0) is 12.0 Å². The fraction of sp³-hybridized carbons (Fsp3) is 0.154. The second kappa shape index (κ2) is 6.58. The Kier molecular flexibility index (Phi) is 5.02. The first-order chi connectivity index (χ1) is 7.68. The van der Waals surface area contributed by atoms with Crippen molar-refractivity contribution in [3.05, 3.63) is 54.1 Å². The highest BCUT2D eigenvalue weighted by Crippen LogP contribution is 2.04. The molecule has 1 aromatic rings. The van der Waals surface area contributed by atoms with Gasteiger partial charge in [0.2, 0.25) is 0 Å². The number of aliphatic hydroxyl groups excluding tert-OH is 1. The molecular weight excluding hydrogens is 204 g/mol. The number of hydrogen-bond donors (Lipinski definition) is 2. The second-order valence-corrected chi connectivity index (χ2v) is 3.31. The molecule has 2 N–H and O–H groups in total. The molecule has 0 saturated carbocycles. The smallest absolute Gasteiger partial charge is 0.327 e. The van der Waals surface area contributed by atoms with Crippen LogP contribution in [0.3, 0.4) is 0 Å². The number of hydrogen-bond acceptors (Lipinski definition) is 2. The van der Waals surface area contributed by atoms with Crippen molar-refractivity contribution in [1.29, 1.82) is 0 Å². The van der Waals surface area contributed by atoms with Crippen LogP contribution < -0.4 is 0 Å². The molecule has 0 heterocycles. The summed E-state index contributed by atoms with van der Waals surface area (Å²) in [5, 5.41) is 17.8. The normalized spacial score (nSPS) is 13.3. The van der Waals surface area contributed by atoms with Gasteiger partial charge in [-0.2, -0.15) is 0 Å². The Balaban J connectivity index is 2.42. The summed E-state index contributed by atoms with van der Waals surface area (Å²) in [7, 11) is 0. The van der Waals surface area contributed by atoms with E-state index in [0.717, 1.165) is 11.6 Å². The Morgan fingerprint density at radius 1 is 1.31 bits per heavy atom. The molecular formula is C13H14O3. The van der Waals surface area contributed by atoms with Crippen molar-refractivity contribution in [2.45, 2.75) is 12.5 Å². The molecule has 0 amide bonds. The first-order valence-electron chi connectivity index (χ1n) is 4.99. The molecule has 0 aliphatic carbocycles. The number of benzene rings is 1. The largest absolute Gasteiger partial charge is 0.478 e. The topological polar surface area (TPSA) is 57.5 Å². The van der Waals surface area contributed by atoms with Crippen LogP contribution in [0.2, 0.25) is 0 Å². The molecule has 0 aromatic heterocycles. The van der Waals surface area contributed by atoms with E-state index >= 15 is 0 Å². The van der Waals surface area contributed by atoms with E-state index in [2.05, 4.69) is 0 Å². The van der Waals surface area contributed by atoms with Crippen molar-refractivity contribution >= 4 is 12.0 Å². The van der Waals surface area contributed by atoms with Crippen LogP contribution in [0.25, 0.3) is 6.08 Å². The Labute approximate surface area is 94.4 Å². The summed E-state index contributed by atoms with van der Waals surface area (Å²) in [6.07, 6.45) is 5.55. The average Bonchev–Trinajstić information content (AvgIpc) is 2.27. The number of carboxylic acid groups (broad SMARTS) is 1. The van der Waals surface area contributed by atoms with E-state index in [9.17, 15) is 9.90 Å². The molecule has 0 aliphatic rings. The van der Waals surface area contributed by atoms with Gasteiger partial charge in [0, 0.05) is 6.08 Å². The van der Waals surface area contributed by atoms with Gasteiger partial charge in [-0.15, -0.1) is 0 Å². The lowest BCUT2D eigenvalue weighted by atomic mass is 10.1. The molecule has 0 radical (unpaired) electrons. The molecule has 0 aliphatic heterocycles. The van der Waals surface area contributed by atoms with Gasteiger partial charge in [0.15, 0.2) is 0 Å². The van der Waals surface area contributed by atoms with Crippen LogP contribution in [0.1, 0.15) is 12.0 Å². The van der Waals surface area contributed by atoms with E-state index in [4.69, 9.17) is 5.11 Å². The van der Waals surface area contributed by atoms with Gasteiger partial charge in [-0.1, -0.05) is 48.6 Å². The summed E-state index contributed by atoms with van der Waals surface area (Å²) in [6.45, 7) is 0. The van der Waals surface area contributed by atoms with Crippen LogP contribution in [0.5, 0.6) is 0 Å². The number of aliphatic hydroxyl groups is 1. The number of carboxylic acids is 1. The van der Waals surface area contributed by atoms with Crippen molar-refractivity contribution in [2.75, 3.05) is 0 Å². The first-order valence-corrected chi connectivity index (χ1v) is 4.99. The summed E-state index contributed by atoms with van der Waals surface area (Å²) < 4.78 is 0. The first kappa shape index (κ1) is 12.2. The van der Waals surface area contributed by atoms with E-state index in [1.54, 1.807) is 12.2 Å². The minimum Gasteiger partial charge on any atom is -0.478 e. The maximum Gasteiger partial charge on any atom is 0.327 e. The van der Waals surface area contributed by atoms with Crippen molar-refractivity contribution in [1.82, 2.24) is 0 Å². The van der Waals surface area contributed by atoms with Gasteiger partial charge in [0.25, 0.3) is 0 Å². The standard InChI is InChI=1S/C13H14O3/c14-12(7-4-8-13(15)16)10-9-11-5-2-1-3-6-11/h1-6,8-10,12,14H,7H2,(H,15,16)/b8-4+,10-9+. The van der Waals surface area contributed by atoms with Crippen molar-refractivity contribution in [3.63, 3.8) is 0 Å². The molecule has 1 unspecified atom stereocenters. The maximum atomic E-state index is 10.2. The summed E-state index contributed by atoms with van der Waals surface area (Å²) in [4.78, 5) is 10.2. The molecule has 3 nitrogen and oxygen atoms in total. The van der Waals surface area contributed by atoms with Crippen LogP contribution in [0, 0.1) is 0 Å². The molecule has 0 fully saturated rings. The number of carbonyl (C=O) groups is 1. The third kappa shape index (κ3) is 5.12. The van der Waals surface area contributed by atoms with E-state index in [-0.39, 0.29) is 0 Å². The molecule has 1 rings (SSSR count). The van der Waals surface area contributed by atoms with E-state index < -0.39 is 12.1 Å². The molecule has 0 saturated heterocycles. The zero-order chi connectivity index (χ0) is 11.8. The number of rotatable bonds is 5. The van der Waals surface area contributed by atoms with E-state index in [1.165, 1.54) is 6.08 Å². The van der Waals surface area contributed by atoms with Gasteiger partial charge >= 0.3 is 5.97 Å². The predicted octanol–water partition coefficient (Wildman–Crippen LogP) is 2.09.